The number of benzene rings is 2. The summed E-state index contributed by atoms with van der Waals surface area (Å²) in [7, 11) is 0. The zero-order valence-electron chi connectivity index (χ0n) is 10.6. The molecule has 0 amide bonds. The average molecular weight is 306 g/mol. The van der Waals surface area contributed by atoms with E-state index in [0.29, 0.717) is 16.3 Å². The predicted molar refractivity (Wildman–Crippen MR) is 76.5 cm³/mol. The van der Waals surface area contributed by atoms with Gasteiger partial charge in [-0.3, -0.25) is 10.1 Å². The third-order valence-electron chi connectivity index (χ3n) is 2.79. The van der Waals surface area contributed by atoms with Gasteiger partial charge in [0, 0.05) is 18.7 Å². The number of nitro groups is 1. The van der Waals surface area contributed by atoms with Crippen molar-refractivity contribution in [1.29, 1.82) is 5.26 Å². The maximum absolute atomic E-state index is 13.2. The molecule has 106 valence electrons. The maximum atomic E-state index is 13.2. The van der Waals surface area contributed by atoms with Gasteiger partial charge in [0.2, 0.25) is 0 Å². The third-order valence-corrected chi connectivity index (χ3v) is 3.12. The molecule has 0 bridgehead atoms. The number of rotatable bonds is 4. The molecule has 0 heterocycles. The van der Waals surface area contributed by atoms with Crippen LogP contribution in [-0.4, -0.2) is 4.92 Å². The van der Waals surface area contributed by atoms with Gasteiger partial charge >= 0.3 is 0 Å². The lowest BCUT2D eigenvalue weighted by Crippen LogP contribution is -2.01. The van der Waals surface area contributed by atoms with E-state index in [1.165, 1.54) is 36.4 Å². The van der Waals surface area contributed by atoms with Gasteiger partial charge in [-0.05, 0) is 23.8 Å². The van der Waals surface area contributed by atoms with E-state index in [4.69, 9.17) is 16.9 Å². The standard InChI is InChI=1S/C14H9ClFN3O2/c15-12-3-2-11(19(20)21)6-14(12)18-8-9-1-4-13(16)10(5-9)7-17/h1-6,18H,8H2. The van der Waals surface area contributed by atoms with Crippen LogP contribution >= 0.6 is 11.6 Å². The van der Waals surface area contributed by atoms with Crippen LogP contribution in [0.1, 0.15) is 11.1 Å². The predicted octanol–water partition coefficient (Wildman–Crippen LogP) is 3.87. The topological polar surface area (TPSA) is 79.0 Å². The van der Waals surface area contributed by atoms with Crippen LogP contribution < -0.4 is 5.32 Å². The fourth-order valence-electron chi connectivity index (χ4n) is 1.73. The van der Waals surface area contributed by atoms with Crippen LogP contribution in [0.5, 0.6) is 0 Å². The van der Waals surface area contributed by atoms with E-state index in [2.05, 4.69) is 5.32 Å². The fourth-order valence-corrected chi connectivity index (χ4v) is 1.91. The number of nitriles is 1. The van der Waals surface area contributed by atoms with Gasteiger partial charge in [-0.15, -0.1) is 0 Å². The number of halogens is 2. The van der Waals surface area contributed by atoms with Crippen molar-refractivity contribution in [3.8, 4) is 6.07 Å². The van der Waals surface area contributed by atoms with Crippen molar-refractivity contribution >= 4 is 23.0 Å². The number of anilines is 1. The molecule has 0 fully saturated rings. The Morgan fingerprint density at radius 2 is 2.10 bits per heavy atom. The Kier molecular flexibility index (Phi) is 4.36. The molecule has 2 aromatic rings. The van der Waals surface area contributed by atoms with Crippen molar-refractivity contribution in [3.05, 3.63) is 68.5 Å². The summed E-state index contributed by atoms with van der Waals surface area (Å²) in [4.78, 5) is 10.2. The molecular formula is C14H9ClFN3O2. The largest absolute Gasteiger partial charge is 0.380 e. The number of non-ortho nitro benzene ring substituents is 1. The SMILES string of the molecule is N#Cc1cc(CNc2cc([N+](=O)[O-])ccc2Cl)ccc1F. The van der Waals surface area contributed by atoms with E-state index >= 15 is 0 Å². The zero-order chi connectivity index (χ0) is 15.4. The van der Waals surface area contributed by atoms with Crippen LogP contribution in [0.4, 0.5) is 15.8 Å². The van der Waals surface area contributed by atoms with Crippen LogP contribution in [0.15, 0.2) is 36.4 Å². The van der Waals surface area contributed by atoms with Gasteiger partial charge in [0.15, 0.2) is 0 Å². The first-order valence-electron chi connectivity index (χ1n) is 5.87. The summed E-state index contributed by atoms with van der Waals surface area (Å²) in [5.41, 5.74) is 0.919. The van der Waals surface area contributed by atoms with Gasteiger partial charge in [-0.1, -0.05) is 17.7 Å². The molecular weight excluding hydrogens is 297 g/mol. The Bertz CT molecular complexity index is 743. The highest BCUT2D eigenvalue weighted by molar-refractivity contribution is 6.33. The minimum atomic E-state index is -0.588. The Morgan fingerprint density at radius 3 is 2.76 bits per heavy atom. The normalized spacial score (nSPS) is 9.95. The van der Waals surface area contributed by atoms with Crippen molar-refractivity contribution in [2.75, 3.05) is 5.32 Å². The molecule has 2 aromatic carbocycles. The van der Waals surface area contributed by atoms with E-state index in [-0.39, 0.29) is 17.8 Å². The number of hydrogen-bond acceptors (Lipinski definition) is 4. The molecule has 0 aliphatic heterocycles. The first kappa shape index (κ1) is 14.8. The van der Waals surface area contributed by atoms with E-state index < -0.39 is 10.7 Å². The van der Waals surface area contributed by atoms with Crippen molar-refractivity contribution < 1.29 is 9.31 Å². The smallest absolute Gasteiger partial charge is 0.271 e. The van der Waals surface area contributed by atoms with Crippen LogP contribution in [0, 0.1) is 27.3 Å². The monoisotopic (exact) mass is 305 g/mol. The molecule has 0 aromatic heterocycles. The third kappa shape index (κ3) is 3.46. The van der Waals surface area contributed by atoms with Gasteiger partial charge in [0.1, 0.15) is 11.9 Å². The summed E-state index contributed by atoms with van der Waals surface area (Å²) in [5, 5.41) is 22.7. The second-order valence-electron chi connectivity index (χ2n) is 4.20. The molecule has 21 heavy (non-hydrogen) atoms. The molecule has 0 radical (unpaired) electrons. The van der Waals surface area contributed by atoms with Crippen LogP contribution in [0.2, 0.25) is 5.02 Å². The van der Waals surface area contributed by atoms with Gasteiger partial charge < -0.3 is 5.32 Å². The number of nitrogens with one attached hydrogen (secondary N) is 1. The van der Waals surface area contributed by atoms with E-state index in [1.54, 1.807) is 6.07 Å². The molecule has 7 heteroatoms. The molecule has 0 spiro atoms. The maximum Gasteiger partial charge on any atom is 0.271 e. The first-order valence-corrected chi connectivity index (χ1v) is 6.25. The van der Waals surface area contributed by atoms with Gasteiger partial charge in [0.05, 0.1) is 21.2 Å². The molecule has 0 saturated carbocycles. The minimum Gasteiger partial charge on any atom is -0.380 e. The summed E-state index contributed by atoms with van der Waals surface area (Å²) in [6.45, 7) is 0.260. The average Bonchev–Trinajstić information content (AvgIpc) is 2.47. The van der Waals surface area contributed by atoms with E-state index in [9.17, 15) is 14.5 Å². The van der Waals surface area contributed by atoms with Crippen molar-refractivity contribution in [1.82, 2.24) is 0 Å². The molecule has 1 N–H and O–H groups in total. The number of hydrogen-bond donors (Lipinski definition) is 1. The fraction of sp³-hybridized carbons (Fsp3) is 0.0714. The van der Waals surface area contributed by atoms with Crippen molar-refractivity contribution in [3.63, 3.8) is 0 Å². The van der Waals surface area contributed by atoms with Gasteiger partial charge in [-0.25, -0.2) is 4.39 Å². The van der Waals surface area contributed by atoms with E-state index in [0.717, 1.165) is 0 Å². The molecule has 2 rings (SSSR count). The van der Waals surface area contributed by atoms with Gasteiger partial charge in [0.25, 0.3) is 5.69 Å². The Labute approximate surface area is 124 Å². The molecule has 0 unspecified atom stereocenters. The molecule has 0 saturated heterocycles. The molecule has 0 atom stereocenters. The quantitative estimate of drug-likeness (QED) is 0.687. The minimum absolute atomic E-state index is 0.0561. The Morgan fingerprint density at radius 1 is 1.33 bits per heavy atom. The van der Waals surface area contributed by atoms with Crippen molar-refractivity contribution in [2.24, 2.45) is 0 Å². The Balaban J connectivity index is 2.18. The summed E-state index contributed by atoms with van der Waals surface area (Å²) in [6, 6.07) is 9.93. The summed E-state index contributed by atoms with van der Waals surface area (Å²) < 4.78 is 13.2. The number of nitrogens with zero attached hydrogens (tertiary/aromatic N) is 2. The highest BCUT2D eigenvalue weighted by Crippen LogP contribution is 2.27. The van der Waals surface area contributed by atoms with E-state index in [1.807, 2.05) is 0 Å². The second kappa shape index (κ2) is 6.20. The lowest BCUT2D eigenvalue weighted by Gasteiger charge is -2.08. The highest BCUT2D eigenvalue weighted by atomic mass is 35.5. The zero-order valence-corrected chi connectivity index (χ0v) is 11.4. The first-order chi connectivity index (χ1) is 10.0. The molecule has 0 aliphatic carbocycles. The summed E-state index contributed by atoms with van der Waals surface area (Å²) in [6.07, 6.45) is 0. The van der Waals surface area contributed by atoms with Gasteiger partial charge in [-0.2, -0.15) is 5.26 Å². The summed E-state index contributed by atoms with van der Waals surface area (Å²) >= 11 is 5.95. The lowest BCUT2D eigenvalue weighted by molar-refractivity contribution is -0.384. The second-order valence-corrected chi connectivity index (χ2v) is 4.61. The summed E-state index contributed by atoms with van der Waals surface area (Å²) in [5.74, 6) is -0.588. The van der Waals surface area contributed by atoms with Crippen LogP contribution in [0.25, 0.3) is 0 Å². The molecule has 5 nitrogen and oxygen atoms in total. The molecule has 0 aliphatic rings. The lowest BCUT2D eigenvalue weighted by atomic mass is 10.1. The highest BCUT2D eigenvalue weighted by Gasteiger charge is 2.10. The van der Waals surface area contributed by atoms with Crippen LogP contribution in [-0.2, 0) is 6.54 Å². The Hall–Kier alpha value is -2.65. The van der Waals surface area contributed by atoms with Crippen LogP contribution in [0.3, 0.4) is 0 Å². The van der Waals surface area contributed by atoms with Crippen molar-refractivity contribution in [2.45, 2.75) is 6.54 Å². The number of nitro benzene ring substituents is 1.